The Morgan fingerprint density at radius 2 is 2.15 bits per heavy atom. The third-order valence-electron chi connectivity index (χ3n) is 3.62. The second kappa shape index (κ2) is 5.59. The Bertz CT molecular complexity index is 667. The Hall–Kier alpha value is -1.31. The van der Waals surface area contributed by atoms with Gasteiger partial charge < -0.3 is 9.67 Å². The predicted octanol–water partition coefficient (Wildman–Crippen LogP) is 3.83. The van der Waals surface area contributed by atoms with E-state index in [1.807, 2.05) is 39.1 Å². The molecule has 0 spiro atoms. The van der Waals surface area contributed by atoms with Crippen LogP contribution in [-0.4, -0.2) is 16.3 Å². The summed E-state index contributed by atoms with van der Waals surface area (Å²) in [6, 6.07) is 8.49. The van der Waals surface area contributed by atoms with Crippen LogP contribution in [0.5, 0.6) is 0 Å². The zero-order valence-electron chi connectivity index (χ0n) is 12.0. The summed E-state index contributed by atoms with van der Waals surface area (Å²) in [6.45, 7) is 6.78. The van der Waals surface area contributed by atoms with Gasteiger partial charge in [0.2, 0.25) is 0 Å². The largest absolute Gasteiger partial charge is 0.396 e. The minimum Gasteiger partial charge on any atom is -0.396 e. The average Bonchev–Trinajstić information content (AvgIpc) is 2.77. The zero-order valence-corrected chi connectivity index (χ0v) is 13.6. The van der Waals surface area contributed by atoms with Gasteiger partial charge in [0, 0.05) is 34.7 Å². The quantitative estimate of drug-likeness (QED) is 0.923. The highest BCUT2D eigenvalue weighted by molar-refractivity contribution is 9.10. The summed E-state index contributed by atoms with van der Waals surface area (Å²) in [6.07, 6.45) is 2.05. The Morgan fingerprint density at radius 3 is 2.75 bits per heavy atom. The Kier molecular flexibility index (Phi) is 4.22. The van der Waals surface area contributed by atoms with E-state index in [0.29, 0.717) is 0 Å². The number of nitriles is 1. The van der Waals surface area contributed by atoms with Gasteiger partial charge in [0.1, 0.15) is 0 Å². The maximum absolute atomic E-state index is 9.39. The standard InChI is InChI=1S/C16H19BrN2O/c1-11(9-20)7-19-8-14(16(2,3)10-18)13-5-4-12(17)6-15(13)19/h4-6,8,11,20H,7,9H2,1-3H3/t11-/m0/s1. The number of aromatic nitrogens is 1. The monoisotopic (exact) mass is 334 g/mol. The first-order chi connectivity index (χ1) is 9.39. The van der Waals surface area contributed by atoms with Gasteiger partial charge in [-0.05, 0) is 37.5 Å². The molecule has 0 unspecified atom stereocenters. The third-order valence-corrected chi connectivity index (χ3v) is 4.11. The molecular weight excluding hydrogens is 316 g/mol. The number of rotatable bonds is 4. The van der Waals surface area contributed by atoms with Crippen molar-refractivity contribution in [3.05, 3.63) is 34.4 Å². The van der Waals surface area contributed by atoms with Crippen LogP contribution in [0.4, 0.5) is 0 Å². The van der Waals surface area contributed by atoms with Crippen LogP contribution in [0.1, 0.15) is 26.3 Å². The maximum Gasteiger partial charge on any atom is 0.0787 e. The molecule has 20 heavy (non-hydrogen) atoms. The number of aliphatic hydroxyl groups excluding tert-OH is 1. The molecule has 2 rings (SSSR count). The van der Waals surface area contributed by atoms with E-state index in [1.54, 1.807) is 0 Å². The second-order valence-corrected chi connectivity index (χ2v) is 6.80. The number of nitrogens with zero attached hydrogens (tertiary/aromatic N) is 2. The molecule has 0 aliphatic heterocycles. The first kappa shape index (κ1) is 15.1. The van der Waals surface area contributed by atoms with Gasteiger partial charge in [-0.3, -0.25) is 0 Å². The van der Waals surface area contributed by atoms with E-state index in [4.69, 9.17) is 0 Å². The average molecular weight is 335 g/mol. The summed E-state index contributed by atoms with van der Waals surface area (Å²) in [7, 11) is 0. The molecule has 1 heterocycles. The van der Waals surface area contributed by atoms with Crippen molar-refractivity contribution in [3.63, 3.8) is 0 Å². The summed E-state index contributed by atoms with van der Waals surface area (Å²) in [5.74, 6) is 0.183. The molecule has 0 aliphatic carbocycles. The highest BCUT2D eigenvalue weighted by atomic mass is 79.9. The van der Waals surface area contributed by atoms with Crippen molar-refractivity contribution >= 4 is 26.8 Å². The minimum absolute atomic E-state index is 0.157. The molecule has 1 atom stereocenters. The fraction of sp³-hybridized carbons (Fsp3) is 0.438. The van der Waals surface area contributed by atoms with Gasteiger partial charge in [-0.15, -0.1) is 0 Å². The van der Waals surface area contributed by atoms with E-state index < -0.39 is 5.41 Å². The normalized spacial score (nSPS) is 13.4. The molecule has 106 valence electrons. The third kappa shape index (κ3) is 2.74. The van der Waals surface area contributed by atoms with Crippen molar-refractivity contribution in [2.24, 2.45) is 5.92 Å². The lowest BCUT2D eigenvalue weighted by Gasteiger charge is -2.14. The Balaban J connectivity index is 2.64. The lowest BCUT2D eigenvalue weighted by molar-refractivity contribution is 0.224. The van der Waals surface area contributed by atoms with Crippen molar-refractivity contribution < 1.29 is 5.11 Å². The fourth-order valence-electron chi connectivity index (χ4n) is 2.37. The van der Waals surface area contributed by atoms with Gasteiger partial charge >= 0.3 is 0 Å². The molecule has 0 saturated heterocycles. The molecule has 3 nitrogen and oxygen atoms in total. The van der Waals surface area contributed by atoms with Crippen LogP contribution < -0.4 is 0 Å². The topological polar surface area (TPSA) is 49.0 Å². The summed E-state index contributed by atoms with van der Waals surface area (Å²) < 4.78 is 3.15. The molecule has 0 saturated carbocycles. The van der Waals surface area contributed by atoms with E-state index in [2.05, 4.69) is 32.6 Å². The molecule has 0 aliphatic rings. The Labute approximate surface area is 128 Å². The van der Waals surface area contributed by atoms with Gasteiger partial charge in [0.25, 0.3) is 0 Å². The summed E-state index contributed by atoms with van der Waals surface area (Å²) in [5, 5.41) is 19.8. The van der Waals surface area contributed by atoms with Crippen molar-refractivity contribution in [1.29, 1.82) is 5.26 Å². The number of hydrogen-bond donors (Lipinski definition) is 1. The van der Waals surface area contributed by atoms with Crippen molar-refractivity contribution in [1.82, 2.24) is 4.57 Å². The highest BCUT2D eigenvalue weighted by Crippen LogP contribution is 2.33. The van der Waals surface area contributed by atoms with E-state index >= 15 is 0 Å². The number of fused-ring (bicyclic) bond motifs is 1. The summed E-state index contributed by atoms with van der Waals surface area (Å²) >= 11 is 3.50. The van der Waals surface area contributed by atoms with Crippen molar-refractivity contribution in [2.75, 3.05) is 6.61 Å². The van der Waals surface area contributed by atoms with Crippen LogP contribution in [0.3, 0.4) is 0 Å². The van der Waals surface area contributed by atoms with Gasteiger partial charge in [0.15, 0.2) is 0 Å². The number of aliphatic hydroxyl groups is 1. The van der Waals surface area contributed by atoms with Crippen LogP contribution in [0.15, 0.2) is 28.9 Å². The molecule has 1 aromatic carbocycles. The fourth-order valence-corrected chi connectivity index (χ4v) is 2.72. The minimum atomic E-state index is -0.528. The molecule has 1 N–H and O–H groups in total. The Morgan fingerprint density at radius 1 is 1.45 bits per heavy atom. The summed E-state index contributed by atoms with van der Waals surface area (Å²) in [4.78, 5) is 0. The highest BCUT2D eigenvalue weighted by Gasteiger charge is 2.25. The molecular formula is C16H19BrN2O. The smallest absolute Gasteiger partial charge is 0.0787 e. The SMILES string of the molecule is C[C@H](CO)Cn1cc(C(C)(C)C#N)c2ccc(Br)cc21. The van der Waals surface area contributed by atoms with Crippen LogP contribution >= 0.6 is 15.9 Å². The first-order valence-corrected chi connectivity index (χ1v) is 7.49. The predicted molar refractivity (Wildman–Crippen MR) is 84.5 cm³/mol. The maximum atomic E-state index is 9.39. The van der Waals surface area contributed by atoms with Crippen molar-refractivity contribution in [3.8, 4) is 6.07 Å². The number of benzene rings is 1. The molecule has 0 fully saturated rings. The van der Waals surface area contributed by atoms with Gasteiger partial charge in [-0.25, -0.2) is 0 Å². The van der Waals surface area contributed by atoms with Crippen LogP contribution in [-0.2, 0) is 12.0 Å². The van der Waals surface area contributed by atoms with E-state index in [-0.39, 0.29) is 12.5 Å². The van der Waals surface area contributed by atoms with Crippen LogP contribution in [0.2, 0.25) is 0 Å². The molecule has 4 heteroatoms. The summed E-state index contributed by atoms with van der Waals surface area (Å²) in [5.41, 5.74) is 1.60. The van der Waals surface area contributed by atoms with Gasteiger partial charge in [-0.2, -0.15) is 5.26 Å². The van der Waals surface area contributed by atoms with Gasteiger partial charge in [-0.1, -0.05) is 28.9 Å². The second-order valence-electron chi connectivity index (χ2n) is 5.88. The zero-order chi connectivity index (χ0) is 14.9. The number of halogens is 1. The van der Waals surface area contributed by atoms with Crippen LogP contribution in [0, 0.1) is 17.2 Å². The lowest BCUT2D eigenvalue weighted by Crippen LogP contribution is -2.14. The molecule has 2 aromatic rings. The van der Waals surface area contributed by atoms with E-state index in [0.717, 1.165) is 27.5 Å². The molecule has 1 aromatic heterocycles. The van der Waals surface area contributed by atoms with Crippen LogP contribution in [0.25, 0.3) is 10.9 Å². The van der Waals surface area contributed by atoms with Crippen molar-refractivity contribution in [2.45, 2.75) is 32.7 Å². The molecule has 0 radical (unpaired) electrons. The molecule has 0 amide bonds. The number of hydrogen-bond acceptors (Lipinski definition) is 2. The van der Waals surface area contributed by atoms with Gasteiger partial charge in [0.05, 0.1) is 11.5 Å². The van der Waals surface area contributed by atoms with E-state index in [1.165, 1.54) is 0 Å². The lowest BCUT2D eigenvalue weighted by atomic mass is 9.86. The first-order valence-electron chi connectivity index (χ1n) is 6.70. The molecule has 0 bridgehead atoms. The van der Waals surface area contributed by atoms with E-state index in [9.17, 15) is 10.4 Å².